The van der Waals surface area contributed by atoms with Crippen LogP contribution in [0.2, 0.25) is 0 Å². The topological polar surface area (TPSA) is 101 Å². The number of H-pyrrole nitrogens is 1. The van der Waals surface area contributed by atoms with Gasteiger partial charge in [-0.2, -0.15) is 0 Å². The Bertz CT molecular complexity index is 1150. The number of aryl methyl sites for hydroxylation is 2. The third-order valence-electron chi connectivity index (χ3n) is 3.99. The quantitative estimate of drug-likeness (QED) is 0.557. The molecule has 0 saturated heterocycles. The largest absolute Gasteiger partial charge is 0.321 e. The molecule has 1 aromatic carbocycles. The van der Waals surface area contributed by atoms with Crippen LogP contribution in [-0.2, 0) is 12.8 Å². The molecule has 0 saturated carbocycles. The van der Waals surface area contributed by atoms with Crippen molar-refractivity contribution in [3.05, 3.63) is 80.9 Å². The van der Waals surface area contributed by atoms with Crippen LogP contribution in [0.1, 0.15) is 20.4 Å². The minimum Gasteiger partial charge on any atom is -0.321 e. The van der Waals surface area contributed by atoms with E-state index in [2.05, 4.69) is 25.3 Å². The molecule has 0 radical (unpaired) electrons. The van der Waals surface area contributed by atoms with Gasteiger partial charge < -0.3 is 10.3 Å². The summed E-state index contributed by atoms with van der Waals surface area (Å²) in [5.74, 6) is -0.171. The zero-order valence-corrected chi connectivity index (χ0v) is 15.0. The summed E-state index contributed by atoms with van der Waals surface area (Å²) in [5, 5.41) is 4.52. The Morgan fingerprint density at radius 3 is 2.74 bits per heavy atom. The third kappa shape index (κ3) is 3.90. The van der Waals surface area contributed by atoms with Crippen molar-refractivity contribution in [2.45, 2.75) is 12.8 Å². The standard InChI is InChI=1S/C19H15N5O2S/c25-16-8-6-13-14(21-11-22-18(13)24-16)7-9-17-20-10-15(27-17)19(26)23-12-4-2-1-3-5-12/h1-6,8,10-11H,7,9H2,(H,23,26)(H,21,22,24,25). The van der Waals surface area contributed by atoms with E-state index in [4.69, 9.17) is 0 Å². The van der Waals surface area contributed by atoms with Gasteiger partial charge in [-0.25, -0.2) is 15.0 Å². The lowest BCUT2D eigenvalue weighted by Crippen LogP contribution is -2.09. The van der Waals surface area contributed by atoms with Crippen LogP contribution in [0, 0.1) is 0 Å². The van der Waals surface area contributed by atoms with Crippen LogP contribution in [0.25, 0.3) is 11.0 Å². The number of para-hydroxylation sites is 1. The second kappa shape index (κ2) is 7.46. The summed E-state index contributed by atoms with van der Waals surface area (Å²) < 4.78 is 0. The lowest BCUT2D eigenvalue weighted by molar-refractivity contribution is 0.103. The zero-order chi connectivity index (χ0) is 18.6. The van der Waals surface area contributed by atoms with Crippen LogP contribution >= 0.6 is 11.3 Å². The molecule has 0 bridgehead atoms. The number of pyridine rings is 1. The number of aromatic nitrogens is 4. The number of rotatable bonds is 5. The smallest absolute Gasteiger partial charge is 0.267 e. The normalized spacial score (nSPS) is 10.8. The second-order valence-corrected chi connectivity index (χ2v) is 6.96. The van der Waals surface area contributed by atoms with Gasteiger partial charge in [-0.05, 0) is 24.6 Å². The fourth-order valence-electron chi connectivity index (χ4n) is 2.69. The summed E-state index contributed by atoms with van der Waals surface area (Å²) >= 11 is 1.36. The highest BCUT2D eigenvalue weighted by molar-refractivity contribution is 7.13. The van der Waals surface area contributed by atoms with Gasteiger partial charge in [0.15, 0.2) is 0 Å². The highest BCUT2D eigenvalue weighted by atomic mass is 32.1. The molecule has 4 rings (SSSR count). The molecular formula is C19H15N5O2S. The first-order valence-corrected chi connectivity index (χ1v) is 9.15. The molecule has 8 heteroatoms. The Morgan fingerprint density at radius 1 is 1.04 bits per heavy atom. The van der Waals surface area contributed by atoms with Gasteiger partial charge in [-0.1, -0.05) is 18.2 Å². The van der Waals surface area contributed by atoms with Gasteiger partial charge in [0.1, 0.15) is 16.9 Å². The summed E-state index contributed by atoms with van der Waals surface area (Å²) in [7, 11) is 0. The molecule has 7 nitrogen and oxygen atoms in total. The van der Waals surface area contributed by atoms with Gasteiger partial charge >= 0.3 is 0 Å². The molecule has 27 heavy (non-hydrogen) atoms. The van der Waals surface area contributed by atoms with Crippen LogP contribution in [0.4, 0.5) is 5.69 Å². The lowest BCUT2D eigenvalue weighted by Gasteiger charge is -2.03. The van der Waals surface area contributed by atoms with Crippen molar-refractivity contribution in [3.63, 3.8) is 0 Å². The van der Waals surface area contributed by atoms with Crippen molar-refractivity contribution >= 4 is 34.0 Å². The van der Waals surface area contributed by atoms with E-state index in [-0.39, 0.29) is 11.5 Å². The number of nitrogens with one attached hydrogen (secondary N) is 2. The average Bonchev–Trinajstić information content (AvgIpc) is 3.16. The molecule has 0 aliphatic heterocycles. The van der Waals surface area contributed by atoms with Crippen molar-refractivity contribution in [1.82, 2.24) is 19.9 Å². The maximum Gasteiger partial charge on any atom is 0.267 e. The number of thiazole rings is 1. The first-order valence-electron chi connectivity index (χ1n) is 8.33. The number of nitrogens with zero attached hydrogens (tertiary/aromatic N) is 3. The fraction of sp³-hybridized carbons (Fsp3) is 0.105. The van der Waals surface area contributed by atoms with E-state index in [0.717, 1.165) is 21.8 Å². The molecule has 3 aromatic heterocycles. The summed E-state index contributed by atoms with van der Waals surface area (Å²) in [6.07, 6.45) is 4.31. The van der Waals surface area contributed by atoms with Crippen LogP contribution in [-0.4, -0.2) is 25.8 Å². The molecule has 0 unspecified atom stereocenters. The molecule has 4 aromatic rings. The summed E-state index contributed by atoms with van der Waals surface area (Å²) in [6, 6.07) is 12.5. The molecule has 0 spiro atoms. The Labute approximate surface area is 158 Å². The Hall–Kier alpha value is -3.39. The molecule has 134 valence electrons. The lowest BCUT2D eigenvalue weighted by atomic mass is 10.1. The van der Waals surface area contributed by atoms with E-state index in [1.807, 2.05) is 30.3 Å². The van der Waals surface area contributed by atoms with E-state index < -0.39 is 0 Å². The van der Waals surface area contributed by atoms with Gasteiger partial charge in [0, 0.05) is 23.6 Å². The van der Waals surface area contributed by atoms with E-state index in [1.54, 1.807) is 12.3 Å². The second-order valence-electron chi connectivity index (χ2n) is 5.84. The highest BCUT2D eigenvalue weighted by Gasteiger charge is 2.12. The minimum absolute atomic E-state index is 0.171. The van der Waals surface area contributed by atoms with Crippen LogP contribution in [0.15, 0.2) is 59.8 Å². The summed E-state index contributed by atoms with van der Waals surface area (Å²) in [4.78, 5) is 39.7. The maximum atomic E-state index is 12.3. The zero-order valence-electron chi connectivity index (χ0n) is 14.2. The summed E-state index contributed by atoms with van der Waals surface area (Å²) in [5.41, 5.74) is 1.91. The first-order chi connectivity index (χ1) is 13.2. The number of fused-ring (bicyclic) bond motifs is 1. The minimum atomic E-state index is -0.193. The predicted octanol–water partition coefficient (Wildman–Crippen LogP) is 2.81. The Kier molecular flexibility index (Phi) is 4.71. The molecule has 0 aliphatic carbocycles. The first kappa shape index (κ1) is 17.0. The van der Waals surface area contributed by atoms with Crippen LogP contribution in [0.5, 0.6) is 0 Å². The van der Waals surface area contributed by atoms with E-state index in [9.17, 15) is 9.59 Å². The van der Waals surface area contributed by atoms with Crippen molar-refractivity contribution in [1.29, 1.82) is 0 Å². The molecule has 0 atom stereocenters. The number of aromatic amines is 1. The number of carbonyl (C=O) groups is 1. The third-order valence-corrected chi connectivity index (χ3v) is 5.05. The number of carbonyl (C=O) groups excluding carboxylic acids is 1. The average molecular weight is 377 g/mol. The number of anilines is 1. The van der Waals surface area contributed by atoms with Crippen LogP contribution < -0.4 is 10.9 Å². The van der Waals surface area contributed by atoms with Gasteiger partial charge in [0.25, 0.3) is 5.91 Å². The monoisotopic (exact) mass is 377 g/mol. The number of hydrogen-bond donors (Lipinski definition) is 2. The SMILES string of the molecule is O=C(Nc1ccccc1)c1cnc(CCc2ncnc3[nH]c(=O)ccc23)s1. The molecule has 2 N–H and O–H groups in total. The fourth-order valence-corrected chi connectivity index (χ4v) is 3.51. The molecule has 0 aliphatic rings. The van der Waals surface area contributed by atoms with Gasteiger partial charge in [-0.3, -0.25) is 9.59 Å². The summed E-state index contributed by atoms with van der Waals surface area (Å²) in [6.45, 7) is 0. The Balaban J connectivity index is 1.46. The van der Waals surface area contributed by atoms with Crippen molar-refractivity contribution in [2.75, 3.05) is 5.32 Å². The van der Waals surface area contributed by atoms with E-state index in [0.29, 0.717) is 23.4 Å². The van der Waals surface area contributed by atoms with Crippen molar-refractivity contribution < 1.29 is 4.79 Å². The van der Waals surface area contributed by atoms with Gasteiger partial charge in [0.05, 0.1) is 16.9 Å². The number of amides is 1. The maximum absolute atomic E-state index is 12.3. The number of benzene rings is 1. The van der Waals surface area contributed by atoms with Crippen molar-refractivity contribution in [2.24, 2.45) is 0 Å². The Morgan fingerprint density at radius 2 is 1.89 bits per heavy atom. The number of hydrogen-bond acceptors (Lipinski definition) is 6. The predicted molar refractivity (Wildman–Crippen MR) is 104 cm³/mol. The van der Waals surface area contributed by atoms with E-state index in [1.165, 1.54) is 23.7 Å². The van der Waals surface area contributed by atoms with E-state index >= 15 is 0 Å². The molecule has 3 heterocycles. The molecular weight excluding hydrogens is 362 g/mol. The molecule has 0 fully saturated rings. The molecule has 1 amide bonds. The van der Waals surface area contributed by atoms with Crippen molar-refractivity contribution in [3.8, 4) is 0 Å². The van der Waals surface area contributed by atoms with Crippen LogP contribution in [0.3, 0.4) is 0 Å². The van der Waals surface area contributed by atoms with Gasteiger partial charge in [-0.15, -0.1) is 11.3 Å². The van der Waals surface area contributed by atoms with Gasteiger partial charge in [0.2, 0.25) is 5.56 Å². The highest BCUT2D eigenvalue weighted by Crippen LogP contribution is 2.19.